The van der Waals surface area contributed by atoms with Crippen molar-refractivity contribution >= 4 is 16.0 Å². The third kappa shape index (κ3) is 4.85. The highest BCUT2D eigenvalue weighted by molar-refractivity contribution is 7.88. The maximum atomic E-state index is 11.7. The summed E-state index contributed by atoms with van der Waals surface area (Å²) in [5.41, 5.74) is 0.711. The van der Waals surface area contributed by atoms with Gasteiger partial charge in [0.25, 0.3) is 0 Å². The van der Waals surface area contributed by atoms with Crippen molar-refractivity contribution in [3.8, 4) is 0 Å². The first-order valence-corrected chi connectivity index (χ1v) is 7.25. The summed E-state index contributed by atoms with van der Waals surface area (Å²) in [6.07, 6.45) is 0. The van der Waals surface area contributed by atoms with Gasteiger partial charge in [-0.15, -0.1) is 0 Å². The van der Waals surface area contributed by atoms with Crippen molar-refractivity contribution in [3.63, 3.8) is 0 Å². The molecule has 0 atom stereocenters. The first-order chi connectivity index (χ1) is 8.30. The molecule has 5 nitrogen and oxygen atoms in total. The van der Waals surface area contributed by atoms with Gasteiger partial charge in [0.1, 0.15) is 0 Å². The van der Waals surface area contributed by atoms with Gasteiger partial charge >= 0.3 is 5.97 Å². The van der Waals surface area contributed by atoms with Crippen LogP contribution in [0.1, 0.15) is 29.8 Å². The third-order valence-electron chi connectivity index (χ3n) is 2.27. The van der Waals surface area contributed by atoms with Gasteiger partial charge in [-0.1, -0.05) is 26.0 Å². The molecule has 1 rings (SSSR count). The summed E-state index contributed by atoms with van der Waals surface area (Å²) in [4.78, 5) is 10.6. The lowest BCUT2D eigenvalue weighted by Crippen LogP contribution is -2.28. The lowest BCUT2D eigenvalue weighted by atomic mass is 10.1. The SMILES string of the molecule is CC(C)CNS(=O)(=O)Cc1ccc(C(=O)O)cc1. The number of hydrogen-bond donors (Lipinski definition) is 2. The van der Waals surface area contributed by atoms with Crippen LogP contribution < -0.4 is 4.72 Å². The van der Waals surface area contributed by atoms with Crippen LogP contribution in [-0.2, 0) is 15.8 Å². The highest BCUT2D eigenvalue weighted by Crippen LogP contribution is 2.08. The summed E-state index contributed by atoms with van der Waals surface area (Å²) in [7, 11) is -3.36. The number of rotatable bonds is 6. The molecule has 0 aliphatic heterocycles. The van der Waals surface area contributed by atoms with Gasteiger partial charge in [-0.2, -0.15) is 0 Å². The van der Waals surface area contributed by atoms with Crippen LogP contribution >= 0.6 is 0 Å². The van der Waals surface area contributed by atoms with Crippen LogP contribution in [0.15, 0.2) is 24.3 Å². The molecule has 0 amide bonds. The summed E-state index contributed by atoms with van der Waals surface area (Å²) in [6.45, 7) is 4.24. The minimum atomic E-state index is -3.36. The van der Waals surface area contributed by atoms with Crippen molar-refractivity contribution in [1.29, 1.82) is 0 Å². The molecule has 0 saturated carbocycles. The minimum absolute atomic E-state index is 0.139. The topological polar surface area (TPSA) is 83.5 Å². The monoisotopic (exact) mass is 271 g/mol. The van der Waals surface area contributed by atoms with E-state index in [2.05, 4.69) is 4.72 Å². The molecule has 0 unspecified atom stereocenters. The van der Waals surface area contributed by atoms with E-state index in [1.165, 1.54) is 24.3 Å². The zero-order valence-electron chi connectivity index (χ0n) is 10.4. The van der Waals surface area contributed by atoms with Gasteiger partial charge in [0.2, 0.25) is 10.0 Å². The maximum absolute atomic E-state index is 11.7. The third-order valence-corrected chi connectivity index (χ3v) is 3.59. The van der Waals surface area contributed by atoms with Crippen LogP contribution in [-0.4, -0.2) is 26.0 Å². The molecule has 1 aromatic rings. The number of benzene rings is 1. The maximum Gasteiger partial charge on any atom is 0.335 e. The van der Waals surface area contributed by atoms with E-state index in [0.29, 0.717) is 12.1 Å². The molecule has 100 valence electrons. The molecule has 0 heterocycles. The Labute approximate surface area is 107 Å². The Bertz CT molecular complexity index is 505. The van der Waals surface area contributed by atoms with Crippen LogP contribution in [0.5, 0.6) is 0 Å². The molecule has 2 N–H and O–H groups in total. The fraction of sp³-hybridized carbons (Fsp3) is 0.417. The molecular weight excluding hydrogens is 254 g/mol. The summed E-state index contributed by atoms with van der Waals surface area (Å²) in [5.74, 6) is -0.920. The van der Waals surface area contributed by atoms with Gasteiger partial charge in [0.05, 0.1) is 11.3 Å². The van der Waals surface area contributed by atoms with Gasteiger partial charge in [-0.3, -0.25) is 0 Å². The fourth-order valence-electron chi connectivity index (χ4n) is 1.31. The molecule has 0 radical (unpaired) electrons. The first-order valence-electron chi connectivity index (χ1n) is 5.60. The average molecular weight is 271 g/mol. The van der Waals surface area contributed by atoms with Crippen molar-refractivity contribution in [2.75, 3.05) is 6.54 Å². The molecule has 0 aliphatic rings. The molecule has 0 fully saturated rings. The summed E-state index contributed by atoms with van der Waals surface area (Å²) < 4.78 is 25.9. The Morgan fingerprint density at radius 3 is 2.28 bits per heavy atom. The highest BCUT2D eigenvalue weighted by atomic mass is 32.2. The summed E-state index contributed by atoms with van der Waals surface area (Å²) in [6, 6.07) is 5.82. The average Bonchev–Trinajstić information content (AvgIpc) is 2.27. The van der Waals surface area contributed by atoms with Crippen LogP contribution in [0.2, 0.25) is 0 Å². The standard InChI is InChI=1S/C12H17NO4S/c1-9(2)7-13-18(16,17)8-10-3-5-11(6-4-10)12(14)15/h3-6,9,13H,7-8H2,1-2H3,(H,14,15). The normalized spacial score (nSPS) is 11.7. The molecular formula is C12H17NO4S. The van der Waals surface area contributed by atoms with E-state index in [4.69, 9.17) is 5.11 Å². The van der Waals surface area contributed by atoms with Crippen LogP contribution in [0.25, 0.3) is 0 Å². The predicted octanol–water partition coefficient (Wildman–Crippen LogP) is 1.46. The number of carbonyl (C=O) groups is 1. The lowest BCUT2D eigenvalue weighted by molar-refractivity contribution is 0.0697. The number of carboxylic acids is 1. The minimum Gasteiger partial charge on any atom is -0.478 e. The summed E-state index contributed by atoms with van der Waals surface area (Å²) >= 11 is 0. The number of sulfonamides is 1. The van der Waals surface area contributed by atoms with Gasteiger partial charge in [-0.05, 0) is 23.6 Å². The van der Waals surface area contributed by atoms with Crippen LogP contribution in [0.3, 0.4) is 0 Å². The Hall–Kier alpha value is -1.40. The van der Waals surface area contributed by atoms with Crippen molar-refractivity contribution in [2.45, 2.75) is 19.6 Å². The zero-order valence-corrected chi connectivity index (χ0v) is 11.2. The Morgan fingerprint density at radius 1 is 1.28 bits per heavy atom. The highest BCUT2D eigenvalue weighted by Gasteiger charge is 2.12. The second-order valence-electron chi connectivity index (χ2n) is 4.50. The van der Waals surface area contributed by atoms with Crippen molar-refractivity contribution in [2.24, 2.45) is 5.92 Å². The van der Waals surface area contributed by atoms with E-state index in [1.807, 2.05) is 13.8 Å². The van der Waals surface area contributed by atoms with E-state index in [-0.39, 0.29) is 17.2 Å². The van der Waals surface area contributed by atoms with Gasteiger partial charge in [0.15, 0.2) is 0 Å². The number of carboxylic acid groups (broad SMARTS) is 1. The fourth-order valence-corrected chi connectivity index (χ4v) is 2.63. The van der Waals surface area contributed by atoms with Crippen molar-refractivity contribution in [1.82, 2.24) is 4.72 Å². The zero-order chi connectivity index (χ0) is 13.8. The summed E-state index contributed by atoms with van der Waals surface area (Å²) in [5, 5.41) is 8.72. The molecule has 0 aliphatic carbocycles. The van der Waals surface area contributed by atoms with Crippen molar-refractivity contribution in [3.05, 3.63) is 35.4 Å². The Kier molecular flexibility index (Phi) is 4.86. The molecule has 18 heavy (non-hydrogen) atoms. The number of aromatic carboxylic acids is 1. The molecule has 0 bridgehead atoms. The first kappa shape index (κ1) is 14.7. The molecule has 1 aromatic carbocycles. The predicted molar refractivity (Wildman–Crippen MR) is 68.9 cm³/mol. The molecule has 0 aromatic heterocycles. The van der Waals surface area contributed by atoms with E-state index in [1.54, 1.807) is 0 Å². The largest absolute Gasteiger partial charge is 0.478 e. The number of nitrogens with one attached hydrogen (secondary N) is 1. The number of hydrogen-bond acceptors (Lipinski definition) is 3. The van der Waals surface area contributed by atoms with Crippen LogP contribution in [0, 0.1) is 5.92 Å². The van der Waals surface area contributed by atoms with Gasteiger partial charge in [-0.25, -0.2) is 17.9 Å². The van der Waals surface area contributed by atoms with E-state index < -0.39 is 16.0 Å². The second kappa shape index (κ2) is 5.97. The van der Waals surface area contributed by atoms with E-state index >= 15 is 0 Å². The van der Waals surface area contributed by atoms with E-state index in [0.717, 1.165) is 0 Å². The quantitative estimate of drug-likeness (QED) is 0.820. The Morgan fingerprint density at radius 2 is 1.83 bits per heavy atom. The lowest BCUT2D eigenvalue weighted by Gasteiger charge is -2.08. The molecule has 0 saturated heterocycles. The molecule has 6 heteroatoms. The van der Waals surface area contributed by atoms with Crippen LogP contribution in [0.4, 0.5) is 0 Å². The Balaban J connectivity index is 2.69. The van der Waals surface area contributed by atoms with Gasteiger partial charge < -0.3 is 5.11 Å². The second-order valence-corrected chi connectivity index (χ2v) is 6.31. The van der Waals surface area contributed by atoms with E-state index in [9.17, 15) is 13.2 Å². The molecule has 0 spiro atoms. The van der Waals surface area contributed by atoms with Crippen molar-refractivity contribution < 1.29 is 18.3 Å². The van der Waals surface area contributed by atoms with Gasteiger partial charge in [0, 0.05) is 6.54 Å². The smallest absolute Gasteiger partial charge is 0.335 e.